The molecule has 0 amide bonds. The van der Waals surface area contributed by atoms with Crippen LogP contribution in [0.15, 0.2) is 35.8 Å². The molecule has 0 unspecified atom stereocenters. The molecule has 0 atom stereocenters. The van der Waals surface area contributed by atoms with Crippen LogP contribution in [-0.2, 0) is 0 Å². The van der Waals surface area contributed by atoms with Gasteiger partial charge >= 0.3 is 0 Å². The highest BCUT2D eigenvalue weighted by Gasteiger charge is 1.51. The molecule has 0 saturated heterocycles. The highest BCUT2D eigenvalue weighted by molar-refractivity contribution is 8.01. The molecule has 0 bridgehead atoms. The van der Waals surface area contributed by atoms with E-state index in [1.54, 1.807) is 11.8 Å². The SMILES string of the molecule is C.C.C/C=C\C=C/C.C/C=C\SC.CC.CC.CC.CC.CC.CC. The fourth-order valence-electron chi connectivity index (χ4n) is 0.358. The van der Waals surface area contributed by atoms with Gasteiger partial charge in [-0.2, -0.15) is 0 Å². The van der Waals surface area contributed by atoms with Crippen LogP contribution in [0.5, 0.6) is 0 Å². The van der Waals surface area contributed by atoms with E-state index in [4.69, 9.17) is 0 Å². The number of allylic oxidation sites excluding steroid dienone is 5. The van der Waals surface area contributed by atoms with Crippen molar-refractivity contribution in [2.45, 2.75) is 119 Å². The minimum atomic E-state index is 0. The van der Waals surface area contributed by atoms with Gasteiger partial charge < -0.3 is 0 Å². The minimum Gasteiger partial charge on any atom is -0.138 e. The number of rotatable bonds is 2. The van der Waals surface area contributed by atoms with Crippen molar-refractivity contribution >= 4 is 11.8 Å². The Morgan fingerprint density at radius 1 is 0.440 bits per heavy atom. The summed E-state index contributed by atoms with van der Waals surface area (Å²) in [6.07, 6.45) is 12.1. The molecule has 0 aromatic heterocycles. The molecular formula is C24H62S. The largest absolute Gasteiger partial charge is 0.138 e. The van der Waals surface area contributed by atoms with Gasteiger partial charge in [0.05, 0.1) is 0 Å². The molecule has 0 N–H and O–H groups in total. The molecule has 0 aromatic carbocycles. The molecular weight excluding hydrogens is 320 g/mol. The first-order valence-electron chi connectivity index (χ1n) is 9.71. The summed E-state index contributed by atoms with van der Waals surface area (Å²) in [5, 5.41) is 2.04. The third-order valence-corrected chi connectivity index (χ3v) is 1.31. The molecule has 0 fully saturated rings. The van der Waals surface area contributed by atoms with Gasteiger partial charge in [-0.05, 0) is 32.4 Å². The second kappa shape index (κ2) is 278. The third kappa shape index (κ3) is 525. The molecule has 164 valence electrons. The summed E-state index contributed by atoms with van der Waals surface area (Å²) in [6.45, 7) is 30.0. The lowest BCUT2D eigenvalue weighted by molar-refractivity contribution is 1.50. The highest BCUT2D eigenvalue weighted by atomic mass is 32.2. The van der Waals surface area contributed by atoms with Crippen LogP contribution in [0, 0.1) is 0 Å². The van der Waals surface area contributed by atoms with Crippen molar-refractivity contribution in [2.24, 2.45) is 0 Å². The third-order valence-electron chi connectivity index (χ3n) is 0.768. The summed E-state index contributed by atoms with van der Waals surface area (Å²) in [5.41, 5.74) is 0. The number of thioether (sulfide) groups is 1. The molecule has 0 spiro atoms. The fourth-order valence-corrected chi connectivity index (χ4v) is 0.630. The van der Waals surface area contributed by atoms with Gasteiger partial charge in [0.25, 0.3) is 0 Å². The van der Waals surface area contributed by atoms with Crippen LogP contribution in [-0.4, -0.2) is 6.26 Å². The van der Waals surface area contributed by atoms with Crippen molar-refractivity contribution in [1.29, 1.82) is 0 Å². The van der Waals surface area contributed by atoms with E-state index < -0.39 is 0 Å². The minimum absolute atomic E-state index is 0. The molecule has 0 aliphatic rings. The first-order valence-corrected chi connectivity index (χ1v) is 11.0. The molecule has 0 aliphatic heterocycles. The van der Waals surface area contributed by atoms with Gasteiger partial charge in [-0.25, -0.2) is 0 Å². The highest BCUT2D eigenvalue weighted by Crippen LogP contribution is 1.89. The topological polar surface area (TPSA) is 0 Å². The lowest BCUT2D eigenvalue weighted by Crippen LogP contribution is -1.40. The van der Waals surface area contributed by atoms with Crippen molar-refractivity contribution < 1.29 is 0 Å². The van der Waals surface area contributed by atoms with E-state index in [0.29, 0.717) is 0 Å². The summed E-state index contributed by atoms with van der Waals surface area (Å²) in [5.74, 6) is 0. The maximum Gasteiger partial charge on any atom is -0.0142 e. The van der Waals surface area contributed by atoms with E-state index in [1.807, 2.05) is 146 Å². The van der Waals surface area contributed by atoms with Crippen LogP contribution >= 0.6 is 11.8 Å². The monoisotopic (exact) mass is 382 g/mol. The Labute approximate surface area is 172 Å². The molecule has 0 saturated carbocycles. The van der Waals surface area contributed by atoms with Gasteiger partial charge in [0.15, 0.2) is 0 Å². The van der Waals surface area contributed by atoms with Gasteiger partial charge in [0.1, 0.15) is 0 Å². The van der Waals surface area contributed by atoms with Crippen molar-refractivity contribution in [3.8, 4) is 0 Å². The van der Waals surface area contributed by atoms with E-state index in [2.05, 4.69) is 0 Å². The molecule has 0 radical (unpaired) electrons. The quantitative estimate of drug-likeness (QED) is 0.428. The van der Waals surface area contributed by atoms with Crippen LogP contribution < -0.4 is 0 Å². The molecule has 0 aliphatic carbocycles. The second-order valence-corrected chi connectivity index (χ2v) is 2.50. The van der Waals surface area contributed by atoms with E-state index in [-0.39, 0.29) is 14.9 Å². The van der Waals surface area contributed by atoms with E-state index in [9.17, 15) is 0 Å². The zero-order valence-corrected chi connectivity index (χ0v) is 20.7. The van der Waals surface area contributed by atoms with Gasteiger partial charge in [0.2, 0.25) is 0 Å². The normalized spacial score (nSPS) is 6.24. The smallest absolute Gasteiger partial charge is 0.0142 e. The van der Waals surface area contributed by atoms with Crippen LogP contribution in [0.2, 0.25) is 0 Å². The lowest BCUT2D eigenvalue weighted by atomic mass is 10.5. The Hall–Kier alpha value is -0.430. The van der Waals surface area contributed by atoms with E-state index in [1.165, 1.54) is 0 Å². The standard InChI is InChI=1S/C6H10.C4H8S.6C2H6.2CH4/c1-3-5-6-4-2;1-3-4-5-2;6*1-2;;/h3-6H,1-2H3;3-4H,1-2H3;6*1-2H3;2*1H4/b5-3-,6-4-;4-3-;;;;;;;;. The van der Waals surface area contributed by atoms with Crippen LogP contribution in [0.3, 0.4) is 0 Å². The summed E-state index contributed by atoms with van der Waals surface area (Å²) in [6, 6.07) is 0. The maximum atomic E-state index is 2.04. The average molecular weight is 383 g/mol. The van der Waals surface area contributed by atoms with Crippen molar-refractivity contribution in [3.63, 3.8) is 0 Å². The Morgan fingerprint density at radius 3 is 0.680 bits per heavy atom. The summed E-state index contributed by atoms with van der Waals surface area (Å²) >= 11 is 1.72. The van der Waals surface area contributed by atoms with Crippen molar-refractivity contribution in [3.05, 3.63) is 35.8 Å². The molecule has 25 heavy (non-hydrogen) atoms. The Bertz CT molecular complexity index is 112. The number of hydrogen-bond donors (Lipinski definition) is 0. The number of hydrogen-bond acceptors (Lipinski definition) is 1. The fraction of sp³-hybridized carbons (Fsp3) is 0.750. The summed E-state index contributed by atoms with van der Waals surface area (Å²) < 4.78 is 0. The molecule has 0 aromatic rings. The van der Waals surface area contributed by atoms with E-state index >= 15 is 0 Å². The molecule has 0 heterocycles. The van der Waals surface area contributed by atoms with Gasteiger partial charge in [0, 0.05) is 0 Å². The summed E-state index contributed by atoms with van der Waals surface area (Å²) in [4.78, 5) is 0. The Morgan fingerprint density at radius 2 is 0.640 bits per heavy atom. The van der Waals surface area contributed by atoms with E-state index in [0.717, 1.165) is 0 Å². The van der Waals surface area contributed by atoms with Crippen molar-refractivity contribution in [2.75, 3.05) is 6.26 Å². The molecule has 0 rings (SSSR count). The summed E-state index contributed by atoms with van der Waals surface area (Å²) in [7, 11) is 0. The molecule has 1 heteroatoms. The lowest BCUT2D eigenvalue weighted by Gasteiger charge is -1.66. The van der Waals surface area contributed by atoms with Crippen molar-refractivity contribution in [1.82, 2.24) is 0 Å². The predicted molar refractivity (Wildman–Crippen MR) is 140 cm³/mol. The second-order valence-electron chi connectivity index (χ2n) is 1.76. The maximum absolute atomic E-state index is 2.04. The first-order chi connectivity index (χ1) is 11.3. The average Bonchev–Trinajstić information content (AvgIpc) is 2.71. The molecule has 0 nitrogen and oxygen atoms in total. The van der Waals surface area contributed by atoms with Crippen LogP contribution in [0.1, 0.15) is 119 Å². The van der Waals surface area contributed by atoms with Crippen LogP contribution in [0.25, 0.3) is 0 Å². The van der Waals surface area contributed by atoms with Gasteiger partial charge in [-0.15, -0.1) is 11.8 Å². The van der Waals surface area contributed by atoms with Gasteiger partial charge in [-0.3, -0.25) is 0 Å². The first kappa shape index (κ1) is 64.3. The predicted octanol–water partition coefficient (Wildman–Crippen LogP) is 11.5. The van der Waals surface area contributed by atoms with Crippen LogP contribution in [0.4, 0.5) is 0 Å². The Balaban J connectivity index is -0.0000000136. The zero-order valence-electron chi connectivity index (χ0n) is 19.9. The zero-order chi connectivity index (χ0) is 20.9. The van der Waals surface area contributed by atoms with Gasteiger partial charge in [-0.1, -0.05) is 128 Å². The Kier molecular flexibility index (Phi) is 715.